The molecule has 2 rings (SSSR count). The number of pyridine rings is 1. The number of carbonyl (C=O) groups is 1. The maximum absolute atomic E-state index is 13.1. The van der Waals surface area contributed by atoms with Gasteiger partial charge in [-0.15, -0.1) is 0 Å². The lowest BCUT2D eigenvalue weighted by molar-refractivity contribution is -0.137. The smallest absolute Gasteiger partial charge is 0.417 e. The van der Waals surface area contributed by atoms with Crippen LogP contribution >= 0.6 is 23.8 Å². The Morgan fingerprint density at radius 2 is 2.04 bits per heavy atom. The highest BCUT2D eigenvalue weighted by Crippen LogP contribution is 2.39. The molecule has 8 heteroatoms. The molecule has 0 saturated carbocycles. The topological polar surface area (TPSA) is 39.2 Å². The lowest BCUT2D eigenvalue weighted by Gasteiger charge is -2.16. The number of carbonyl (C=O) groups excluding carboxylic acids is 1. The molecule has 1 heterocycles. The third-order valence-corrected chi connectivity index (χ3v) is 3.77. The molecule has 1 aromatic heterocycles. The Labute approximate surface area is 140 Å². The molecule has 0 atom stereocenters. The van der Waals surface area contributed by atoms with E-state index < -0.39 is 17.3 Å². The van der Waals surface area contributed by atoms with Gasteiger partial charge in [0.2, 0.25) is 0 Å². The van der Waals surface area contributed by atoms with Crippen LogP contribution in [0.25, 0.3) is 11.3 Å². The Morgan fingerprint density at radius 1 is 1.35 bits per heavy atom. The van der Waals surface area contributed by atoms with Crippen LogP contribution in [0.15, 0.2) is 30.5 Å². The molecule has 1 aromatic carbocycles. The highest BCUT2D eigenvalue weighted by Gasteiger charge is 2.35. The van der Waals surface area contributed by atoms with E-state index in [-0.39, 0.29) is 33.2 Å². The fourth-order valence-electron chi connectivity index (χ4n) is 2.08. The van der Waals surface area contributed by atoms with E-state index in [2.05, 4.69) is 4.98 Å². The normalized spacial score (nSPS) is 11.2. The number of aldehydes is 1. The van der Waals surface area contributed by atoms with Gasteiger partial charge in [0.25, 0.3) is 0 Å². The van der Waals surface area contributed by atoms with Gasteiger partial charge in [-0.25, -0.2) is 0 Å². The summed E-state index contributed by atoms with van der Waals surface area (Å²) in [6.45, 7) is 0. The highest BCUT2D eigenvalue weighted by atomic mass is 35.5. The van der Waals surface area contributed by atoms with Crippen LogP contribution in [0.5, 0.6) is 0 Å². The molecule has 0 aliphatic heterocycles. The van der Waals surface area contributed by atoms with E-state index in [0.717, 1.165) is 12.1 Å². The van der Waals surface area contributed by atoms with Crippen LogP contribution in [0.2, 0.25) is 5.02 Å². The molecule has 0 N–H and O–H groups in total. The largest absolute Gasteiger partial charge is 0.486 e. The molecule has 0 bridgehead atoms. The average molecular weight is 360 g/mol. The van der Waals surface area contributed by atoms with Crippen molar-refractivity contribution in [1.29, 1.82) is 0 Å². The van der Waals surface area contributed by atoms with Gasteiger partial charge in [-0.05, 0) is 36.5 Å². The summed E-state index contributed by atoms with van der Waals surface area (Å²) < 4.78 is 44.3. The molecular weight excluding hydrogens is 351 g/mol. The van der Waals surface area contributed by atoms with Gasteiger partial charge in [0.05, 0.1) is 29.0 Å². The zero-order valence-electron chi connectivity index (χ0n) is 11.6. The quantitative estimate of drug-likeness (QED) is 0.595. The van der Waals surface area contributed by atoms with E-state index in [0.29, 0.717) is 0 Å². The van der Waals surface area contributed by atoms with Crippen molar-refractivity contribution < 1.29 is 22.7 Å². The molecule has 0 aliphatic rings. The van der Waals surface area contributed by atoms with Gasteiger partial charge in [-0.2, -0.15) is 13.2 Å². The fourth-order valence-corrected chi connectivity index (χ4v) is 2.50. The second-order valence-electron chi connectivity index (χ2n) is 4.39. The number of rotatable bonds is 3. The Kier molecular flexibility index (Phi) is 5.01. The molecule has 23 heavy (non-hydrogen) atoms. The van der Waals surface area contributed by atoms with Crippen LogP contribution in [-0.4, -0.2) is 23.4 Å². The summed E-state index contributed by atoms with van der Waals surface area (Å²) in [4.78, 5) is 15.4. The van der Waals surface area contributed by atoms with Gasteiger partial charge in [0, 0.05) is 17.3 Å². The Bertz CT molecular complexity index is 778. The predicted octanol–water partition coefficient (Wildman–Crippen LogP) is 4.56. The Balaban J connectivity index is 2.84. The monoisotopic (exact) mass is 359 g/mol. The van der Waals surface area contributed by atoms with Gasteiger partial charge >= 0.3 is 6.18 Å². The van der Waals surface area contributed by atoms with Crippen molar-refractivity contribution >= 4 is 35.2 Å². The van der Waals surface area contributed by atoms with Crippen LogP contribution in [0, 0.1) is 0 Å². The van der Waals surface area contributed by atoms with E-state index >= 15 is 0 Å². The lowest BCUT2D eigenvalue weighted by atomic mass is 9.96. The van der Waals surface area contributed by atoms with Crippen molar-refractivity contribution in [3.8, 4) is 11.3 Å². The maximum atomic E-state index is 13.1. The van der Waals surface area contributed by atoms with Crippen LogP contribution in [-0.2, 0) is 10.9 Å². The minimum absolute atomic E-state index is 0.0263. The molecule has 0 unspecified atom stereocenters. The van der Waals surface area contributed by atoms with Gasteiger partial charge in [0.1, 0.15) is 0 Å². The first-order valence-electron chi connectivity index (χ1n) is 6.19. The van der Waals surface area contributed by atoms with E-state index in [1.54, 1.807) is 6.07 Å². The summed E-state index contributed by atoms with van der Waals surface area (Å²) >= 11 is 11.1. The summed E-state index contributed by atoms with van der Waals surface area (Å²) in [7, 11) is 1.33. The molecule has 0 aliphatic carbocycles. The number of nitrogens with zero attached hydrogens (tertiary/aromatic N) is 1. The van der Waals surface area contributed by atoms with Gasteiger partial charge in [0.15, 0.2) is 11.3 Å². The van der Waals surface area contributed by atoms with E-state index in [1.165, 1.54) is 19.4 Å². The molecule has 0 radical (unpaired) electrons. The molecular formula is C15H9ClF3NO2S. The minimum atomic E-state index is -4.70. The number of ether oxygens (including phenoxy) is 1. The standard InChI is InChI=1S/C15H9ClF3NO2S/c1-22-14(23)8-3-2-6-20-13(8)12-9(7-21)10(15(17,18)19)4-5-11(12)16/h2-7H,1H3. The second-order valence-corrected chi connectivity index (χ2v) is 5.17. The highest BCUT2D eigenvalue weighted by molar-refractivity contribution is 7.80. The molecule has 0 spiro atoms. The third kappa shape index (κ3) is 3.35. The molecule has 120 valence electrons. The zero-order chi connectivity index (χ0) is 17.2. The van der Waals surface area contributed by atoms with E-state index in [9.17, 15) is 18.0 Å². The number of thiocarbonyl (C=S) groups is 1. The molecule has 0 amide bonds. The maximum Gasteiger partial charge on any atom is 0.417 e. The van der Waals surface area contributed by atoms with Gasteiger partial charge < -0.3 is 4.74 Å². The number of alkyl halides is 3. The van der Waals surface area contributed by atoms with Crippen LogP contribution in [0.3, 0.4) is 0 Å². The van der Waals surface area contributed by atoms with Crippen molar-refractivity contribution in [3.05, 3.63) is 52.2 Å². The molecule has 2 aromatic rings. The van der Waals surface area contributed by atoms with E-state index in [1.807, 2.05) is 0 Å². The lowest BCUT2D eigenvalue weighted by Crippen LogP contribution is -2.12. The molecule has 0 saturated heterocycles. The van der Waals surface area contributed by atoms with Crippen molar-refractivity contribution in [2.75, 3.05) is 7.11 Å². The number of methoxy groups -OCH3 is 1. The number of aromatic nitrogens is 1. The van der Waals surface area contributed by atoms with Gasteiger partial charge in [-0.1, -0.05) is 11.6 Å². The van der Waals surface area contributed by atoms with Crippen molar-refractivity contribution in [2.45, 2.75) is 6.18 Å². The summed E-state index contributed by atoms with van der Waals surface area (Å²) in [6.07, 6.45) is -3.23. The Hall–Kier alpha value is -1.99. The molecule has 0 fully saturated rings. The SMILES string of the molecule is COC(=S)c1cccnc1-c1c(Cl)ccc(C(F)(F)F)c1C=O. The summed E-state index contributed by atoms with van der Waals surface area (Å²) in [6, 6.07) is 4.90. The van der Waals surface area contributed by atoms with Crippen LogP contribution in [0.1, 0.15) is 21.5 Å². The number of halogens is 4. The number of hydrogen-bond acceptors (Lipinski definition) is 4. The number of hydrogen-bond donors (Lipinski definition) is 0. The summed E-state index contributed by atoms with van der Waals surface area (Å²) in [5.74, 6) is 0. The Morgan fingerprint density at radius 3 is 2.61 bits per heavy atom. The van der Waals surface area contributed by atoms with Crippen LogP contribution < -0.4 is 0 Å². The van der Waals surface area contributed by atoms with Crippen molar-refractivity contribution in [2.24, 2.45) is 0 Å². The first-order valence-corrected chi connectivity index (χ1v) is 6.98. The third-order valence-electron chi connectivity index (χ3n) is 3.07. The van der Waals surface area contributed by atoms with Crippen molar-refractivity contribution in [3.63, 3.8) is 0 Å². The zero-order valence-corrected chi connectivity index (χ0v) is 13.2. The van der Waals surface area contributed by atoms with Gasteiger partial charge in [-0.3, -0.25) is 9.78 Å². The predicted molar refractivity (Wildman–Crippen MR) is 83.8 cm³/mol. The van der Waals surface area contributed by atoms with E-state index in [4.69, 9.17) is 28.6 Å². The minimum Gasteiger partial charge on any atom is -0.486 e. The summed E-state index contributed by atoms with van der Waals surface area (Å²) in [5.41, 5.74) is -1.49. The van der Waals surface area contributed by atoms with Crippen LogP contribution in [0.4, 0.5) is 13.2 Å². The average Bonchev–Trinajstić information content (AvgIpc) is 2.52. The van der Waals surface area contributed by atoms with Crippen molar-refractivity contribution in [1.82, 2.24) is 4.98 Å². The molecule has 3 nitrogen and oxygen atoms in total. The first-order chi connectivity index (χ1) is 10.8. The first kappa shape index (κ1) is 17.4. The number of benzene rings is 1. The second kappa shape index (κ2) is 6.64. The summed E-state index contributed by atoms with van der Waals surface area (Å²) in [5, 5.41) is -0.0163. The fraction of sp³-hybridized carbons (Fsp3) is 0.133.